The van der Waals surface area contributed by atoms with Gasteiger partial charge in [0.2, 0.25) is 0 Å². The zero-order valence-corrected chi connectivity index (χ0v) is 10.6. The first kappa shape index (κ1) is 13.7. The Morgan fingerprint density at radius 2 is 2.35 bits per heavy atom. The molecule has 0 aromatic carbocycles. The van der Waals surface area contributed by atoms with Crippen LogP contribution in [-0.4, -0.2) is 53.7 Å². The molecule has 0 spiro atoms. The van der Waals surface area contributed by atoms with E-state index in [1.54, 1.807) is 17.1 Å². The number of likely N-dealkylation sites (N-methyl/N-ethyl adjacent to an activating group) is 1. The lowest BCUT2D eigenvalue weighted by Gasteiger charge is -2.16. The summed E-state index contributed by atoms with van der Waals surface area (Å²) < 4.78 is 7.02. The van der Waals surface area contributed by atoms with Crippen molar-refractivity contribution in [3.05, 3.63) is 18.2 Å². The zero-order chi connectivity index (χ0) is 12.8. The second-order valence-electron chi connectivity index (χ2n) is 4.26. The van der Waals surface area contributed by atoms with Crippen molar-refractivity contribution in [1.29, 1.82) is 0 Å². The molecule has 0 aliphatic heterocycles. The average molecular weight is 240 g/mol. The minimum atomic E-state index is -0.393. The first-order valence-electron chi connectivity index (χ1n) is 5.60. The van der Waals surface area contributed by atoms with E-state index >= 15 is 0 Å². The summed E-state index contributed by atoms with van der Waals surface area (Å²) in [5.41, 5.74) is 5.73. The molecular weight excluding hydrogens is 220 g/mol. The van der Waals surface area contributed by atoms with Crippen molar-refractivity contribution in [2.75, 3.05) is 27.2 Å². The van der Waals surface area contributed by atoms with Crippen molar-refractivity contribution in [2.24, 2.45) is 5.73 Å². The van der Waals surface area contributed by atoms with E-state index in [-0.39, 0.29) is 6.10 Å². The first-order valence-corrected chi connectivity index (χ1v) is 5.60. The van der Waals surface area contributed by atoms with Gasteiger partial charge in [-0.1, -0.05) is 0 Å². The van der Waals surface area contributed by atoms with Gasteiger partial charge in [-0.25, -0.2) is 9.78 Å². The summed E-state index contributed by atoms with van der Waals surface area (Å²) in [6.07, 6.45) is 3.08. The number of rotatable bonds is 6. The van der Waals surface area contributed by atoms with Crippen LogP contribution in [0.5, 0.6) is 0 Å². The molecule has 6 nitrogen and oxygen atoms in total. The third-order valence-electron chi connectivity index (χ3n) is 2.16. The van der Waals surface area contributed by atoms with Gasteiger partial charge in [0.25, 0.3) is 0 Å². The summed E-state index contributed by atoms with van der Waals surface area (Å²) in [4.78, 5) is 17.7. The van der Waals surface area contributed by atoms with Crippen LogP contribution in [0.2, 0.25) is 0 Å². The molecule has 1 atom stereocenters. The Kier molecular flexibility index (Phi) is 5.11. The van der Waals surface area contributed by atoms with Crippen LogP contribution >= 0.6 is 0 Å². The van der Waals surface area contributed by atoms with Gasteiger partial charge in [-0.3, -0.25) is 0 Å². The highest BCUT2D eigenvalue weighted by Gasteiger charge is 2.15. The molecule has 1 unspecified atom stereocenters. The molecule has 1 heterocycles. The largest absolute Gasteiger partial charge is 0.457 e. The van der Waals surface area contributed by atoms with E-state index in [1.807, 2.05) is 25.9 Å². The number of nitrogens with zero attached hydrogens (tertiary/aromatic N) is 3. The molecule has 0 amide bonds. The molecule has 1 rings (SSSR count). The van der Waals surface area contributed by atoms with Crippen molar-refractivity contribution >= 4 is 5.97 Å². The number of nitrogens with two attached hydrogens (primary N) is 1. The summed E-state index contributed by atoms with van der Waals surface area (Å²) in [6.45, 7) is 3.71. The van der Waals surface area contributed by atoms with Crippen molar-refractivity contribution in [1.82, 2.24) is 14.5 Å². The Labute approximate surface area is 101 Å². The smallest absolute Gasteiger partial charge is 0.358 e. The summed E-state index contributed by atoms with van der Waals surface area (Å²) in [6, 6.07) is 0. The number of imidazole rings is 1. The summed E-state index contributed by atoms with van der Waals surface area (Å²) in [5.74, 6) is -0.393. The van der Waals surface area contributed by atoms with E-state index in [2.05, 4.69) is 4.98 Å². The molecule has 6 heteroatoms. The van der Waals surface area contributed by atoms with E-state index in [9.17, 15) is 4.79 Å². The molecule has 0 aliphatic carbocycles. The Hall–Kier alpha value is -1.40. The minimum absolute atomic E-state index is 0.155. The molecule has 0 saturated carbocycles. The lowest BCUT2D eigenvalue weighted by molar-refractivity contribution is 0.0283. The highest BCUT2D eigenvalue weighted by Crippen LogP contribution is 2.02. The van der Waals surface area contributed by atoms with Crippen LogP contribution in [0, 0.1) is 0 Å². The average Bonchev–Trinajstić information content (AvgIpc) is 2.65. The maximum atomic E-state index is 11.7. The van der Waals surface area contributed by atoms with Crippen molar-refractivity contribution in [3.8, 4) is 0 Å². The molecule has 0 aliphatic rings. The molecule has 0 bridgehead atoms. The van der Waals surface area contributed by atoms with E-state index in [0.717, 1.165) is 0 Å². The summed E-state index contributed by atoms with van der Waals surface area (Å²) in [7, 11) is 3.86. The molecule has 1 aromatic rings. The minimum Gasteiger partial charge on any atom is -0.457 e. The molecule has 0 radical (unpaired) electrons. The van der Waals surface area contributed by atoms with E-state index < -0.39 is 5.97 Å². The number of hydrogen-bond acceptors (Lipinski definition) is 5. The maximum absolute atomic E-state index is 11.7. The van der Waals surface area contributed by atoms with Crippen molar-refractivity contribution in [3.63, 3.8) is 0 Å². The van der Waals surface area contributed by atoms with Crippen LogP contribution < -0.4 is 5.73 Å². The zero-order valence-electron chi connectivity index (χ0n) is 10.6. The van der Waals surface area contributed by atoms with Gasteiger partial charge in [0.15, 0.2) is 5.69 Å². The predicted molar refractivity (Wildman–Crippen MR) is 64.7 cm³/mol. The van der Waals surface area contributed by atoms with Crippen LogP contribution in [0.1, 0.15) is 17.4 Å². The lowest BCUT2D eigenvalue weighted by Crippen LogP contribution is -2.28. The number of esters is 1. The van der Waals surface area contributed by atoms with Crippen LogP contribution in [0.4, 0.5) is 0 Å². The second-order valence-corrected chi connectivity index (χ2v) is 4.26. The Morgan fingerprint density at radius 1 is 1.65 bits per heavy atom. The number of hydrogen-bond donors (Lipinski definition) is 1. The van der Waals surface area contributed by atoms with Gasteiger partial charge in [0.1, 0.15) is 6.10 Å². The van der Waals surface area contributed by atoms with E-state index in [1.165, 1.54) is 0 Å². The monoisotopic (exact) mass is 240 g/mol. The van der Waals surface area contributed by atoms with Crippen molar-refractivity contribution < 1.29 is 9.53 Å². The normalized spacial score (nSPS) is 12.8. The number of carbonyl (C=O) groups excluding carboxylic acids is 1. The Balaban J connectivity index is 2.51. The fourth-order valence-corrected chi connectivity index (χ4v) is 1.53. The van der Waals surface area contributed by atoms with Gasteiger partial charge in [-0.15, -0.1) is 0 Å². The van der Waals surface area contributed by atoms with E-state index in [0.29, 0.717) is 25.3 Å². The van der Waals surface area contributed by atoms with Gasteiger partial charge in [-0.2, -0.15) is 0 Å². The highest BCUT2D eigenvalue weighted by molar-refractivity contribution is 5.87. The van der Waals surface area contributed by atoms with Gasteiger partial charge in [0.05, 0.1) is 6.33 Å². The number of carbonyl (C=O) groups is 1. The van der Waals surface area contributed by atoms with Crippen LogP contribution in [-0.2, 0) is 11.3 Å². The molecule has 1 aromatic heterocycles. The number of aromatic nitrogens is 2. The summed E-state index contributed by atoms with van der Waals surface area (Å²) >= 11 is 0. The standard InChI is InChI=1S/C11H20N4O2/c1-9(6-14(2)3)17-11(16)10-7-15(5-4-12)8-13-10/h7-9H,4-6,12H2,1-3H3. The third kappa shape index (κ3) is 4.54. The topological polar surface area (TPSA) is 73.4 Å². The fraction of sp³-hybridized carbons (Fsp3) is 0.636. The summed E-state index contributed by atoms with van der Waals surface area (Å²) in [5, 5.41) is 0. The molecule has 0 saturated heterocycles. The van der Waals surface area contributed by atoms with Crippen LogP contribution in [0.25, 0.3) is 0 Å². The van der Waals surface area contributed by atoms with Gasteiger partial charge in [0, 0.05) is 25.8 Å². The molecule has 17 heavy (non-hydrogen) atoms. The molecule has 96 valence electrons. The van der Waals surface area contributed by atoms with Crippen LogP contribution in [0.3, 0.4) is 0 Å². The fourth-order valence-electron chi connectivity index (χ4n) is 1.53. The van der Waals surface area contributed by atoms with Gasteiger partial charge < -0.3 is 19.9 Å². The number of ether oxygens (including phenoxy) is 1. The lowest BCUT2D eigenvalue weighted by atomic mass is 10.4. The Bertz CT molecular complexity index is 362. The molecule has 2 N–H and O–H groups in total. The highest BCUT2D eigenvalue weighted by atomic mass is 16.5. The second kappa shape index (κ2) is 6.36. The maximum Gasteiger partial charge on any atom is 0.358 e. The van der Waals surface area contributed by atoms with Crippen molar-refractivity contribution in [2.45, 2.75) is 19.6 Å². The van der Waals surface area contributed by atoms with E-state index in [4.69, 9.17) is 10.5 Å². The van der Waals surface area contributed by atoms with Crippen LogP contribution in [0.15, 0.2) is 12.5 Å². The molecular formula is C11H20N4O2. The molecule has 0 fully saturated rings. The quantitative estimate of drug-likeness (QED) is 0.706. The van der Waals surface area contributed by atoms with Gasteiger partial charge >= 0.3 is 5.97 Å². The third-order valence-corrected chi connectivity index (χ3v) is 2.16. The Morgan fingerprint density at radius 3 is 2.94 bits per heavy atom. The first-order chi connectivity index (χ1) is 8.02. The SMILES string of the molecule is CC(CN(C)C)OC(=O)c1cn(CCN)cn1. The van der Waals surface area contributed by atoms with Gasteiger partial charge in [-0.05, 0) is 21.0 Å². The predicted octanol–water partition coefficient (Wildman–Crippen LogP) is -0.0513.